The first-order valence-corrected chi connectivity index (χ1v) is 7.78. The highest BCUT2D eigenvalue weighted by atomic mass is 32.1. The van der Waals surface area contributed by atoms with Gasteiger partial charge in [-0.25, -0.2) is 0 Å². The van der Waals surface area contributed by atoms with Gasteiger partial charge in [0.25, 0.3) is 0 Å². The predicted octanol–water partition coefficient (Wildman–Crippen LogP) is 3.31. The van der Waals surface area contributed by atoms with Crippen molar-refractivity contribution in [3.63, 3.8) is 0 Å². The quantitative estimate of drug-likeness (QED) is 0.634. The van der Waals surface area contributed by atoms with E-state index >= 15 is 0 Å². The van der Waals surface area contributed by atoms with Crippen LogP contribution in [0.1, 0.15) is 0 Å². The molecule has 0 spiro atoms. The van der Waals surface area contributed by atoms with Crippen LogP contribution in [0.15, 0.2) is 48.5 Å². The Labute approximate surface area is 146 Å². The maximum absolute atomic E-state index is 5.80. The molecular weight excluding hydrogens is 328 g/mol. The van der Waals surface area contributed by atoms with Gasteiger partial charge in [-0.2, -0.15) is 0 Å². The fourth-order valence-corrected chi connectivity index (χ4v) is 1.97. The summed E-state index contributed by atoms with van der Waals surface area (Å²) < 4.78 is 5.80. The van der Waals surface area contributed by atoms with Crippen molar-refractivity contribution in [3.05, 3.63) is 48.5 Å². The molecule has 0 aliphatic carbocycles. The Hall–Kier alpha value is -2.38. The van der Waals surface area contributed by atoms with Gasteiger partial charge >= 0.3 is 0 Å². The third-order valence-electron chi connectivity index (χ3n) is 2.91. The lowest BCUT2D eigenvalue weighted by molar-refractivity contribution is 0.483. The summed E-state index contributed by atoms with van der Waals surface area (Å²) in [7, 11) is 3.54. The summed E-state index contributed by atoms with van der Waals surface area (Å²) in [5.41, 5.74) is 1.80. The fraction of sp³-hybridized carbons (Fsp3) is 0.125. The Kier molecular flexibility index (Phi) is 6.13. The van der Waals surface area contributed by atoms with Crippen LogP contribution in [0.25, 0.3) is 0 Å². The summed E-state index contributed by atoms with van der Waals surface area (Å²) in [6.07, 6.45) is 0. The molecule has 0 aliphatic heterocycles. The van der Waals surface area contributed by atoms with Crippen LogP contribution in [-0.2, 0) is 0 Å². The third kappa shape index (κ3) is 5.39. The minimum atomic E-state index is 0.571. The van der Waals surface area contributed by atoms with Crippen LogP contribution in [0.4, 0.5) is 11.4 Å². The minimum absolute atomic E-state index is 0.571. The standard InChI is InChI=1S/C16H18N4OS2/c1-17-15(22)19-11-3-7-13(8-4-11)21-14-9-5-12(6-10-14)20-16(23)18-2/h3-10H,1-2H3,(H2,17,19,22)(H2,18,20,23). The van der Waals surface area contributed by atoms with E-state index in [4.69, 9.17) is 29.2 Å². The Morgan fingerprint density at radius 1 is 0.696 bits per heavy atom. The van der Waals surface area contributed by atoms with E-state index < -0.39 is 0 Å². The summed E-state index contributed by atoms with van der Waals surface area (Å²) in [5.74, 6) is 1.50. The smallest absolute Gasteiger partial charge is 0.170 e. The second-order valence-electron chi connectivity index (χ2n) is 4.56. The molecule has 23 heavy (non-hydrogen) atoms. The van der Waals surface area contributed by atoms with Gasteiger partial charge in [0.1, 0.15) is 11.5 Å². The molecule has 0 unspecified atom stereocenters. The van der Waals surface area contributed by atoms with E-state index in [1.54, 1.807) is 14.1 Å². The van der Waals surface area contributed by atoms with Crippen molar-refractivity contribution in [1.82, 2.24) is 10.6 Å². The van der Waals surface area contributed by atoms with E-state index in [1.165, 1.54) is 0 Å². The summed E-state index contributed by atoms with van der Waals surface area (Å²) in [5, 5.41) is 13.0. The van der Waals surface area contributed by atoms with Crippen molar-refractivity contribution in [1.29, 1.82) is 0 Å². The topological polar surface area (TPSA) is 57.4 Å². The van der Waals surface area contributed by atoms with E-state index in [2.05, 4.69) is 21.3 Å². The van der Waals surface area contributed by atoms with Gasteiger partial charge in [0.2, 0.25) is 0 Å². The molecule has 0 saturated carbocycles. The zero-order valence-corrected chi connectivity index (χ0v) is 14.5. The molecule has 0 aliphatic rings. The maximum atomic E-state index is 5.80. The Balaban J connectivity index is 1.96. The van der Waals surface area contributed by atoms with Gasteiger partial charge in [0.05, 0.1) is 0 Å². The molecule has 0 radical (unpaired) electrons. The van der Waals surface area contributed by atoms with Gasteiger partial charge in [-0.3, -0.25) is 0 Å². The molecule has 7 heteroatoms. The van der Waals surface area contributed by atoms with E-state index in [0.29, 0.717) is 10.2 Å². The van der Waals surface area contributed by atoms with Gasteiger partial charge in [0, 0.05) is 25.5 Å². The lowest BCUT2D eigenvalue weighted by Gasteiger charge is -2.10. The second-order valence-corrected chi connectivity index (χ2v) is 5.38. The van der Waals surface area contributed by atoms with Crippen molar-refractivity contribution >= 4 is 46.0 Å². The van der Waals surface area contributed by atoms with Crippen molar-refractivity contribution in [2.75, 3.05) is 24.7 Å². The van der Waals surface area contributed by atoms with Crippen LogP contribution in [0.2, 0.25) is 0 Å². The van der Waals surface area contributed by atoms with Crippen LogP contribution in [0, 0.1) is 0 Å². The molecule has 0 saturated heterocycles. The molecule has 5 nitrogen and oxygen atoms in total. The number of hydrogen-bond acceptors (Lipinski definition) is 3. The number of thiocarbonyl (C=S) groups is 2. The normalized spacial score (nSPS) is 9.65. The molecule has 2 rings (SSSR count). The van der Waals surface area contributed by atoms with E-state index in [9.17, 15) is 0 Å². The van der Waals surface area contributed by atoms with Crippen LogP contribution in [-0.4, -0.2) is 24.3 Å². The summed E-state index contributed by atoms with van der Waals surface area (Å²) in [6.45, 7) is 0. The molecule has 2 aromatic carbocycles. The lowest BCUT2D eigenvalue weighted by Crippen LogP contribution is -2.24. The number of rotatable bonds is 4. The van der Waals surface area contributed by atoms with E-state index in [-0.39, 0.29) is 0 Å². The van der Waals surface area contributed by atoms with Crippen LogP contribution >= 0.6 is 24.4 Å². The Bertz CT molecular complexity index is 612. The zero-order chi connectivity index (χ0) is 16.7. The molecule has 0 bridgehead atoms. The largest absolute Gasteiger partial charge is 0.457 e. The molecule has 0 atom stereocenters. The SMILES string of the molecule is CNC(=S)Nc1ccc(Oc2ccc(NC(=S)NC)cc2)cc1. The van der Waals surface area contributed by atoms with Crippen molar-refractivity contribution in [3.8, 4) is 11.5 Å². The average Bonchev–Trinajstić information content (AvgIpc) is 2.58. The molecule has 0 heterocycles. The van der Waals surface area contributed by atoms with Crippen molar-refractivity contribution in [2.45, 2.75) is 0 Å². The number of ether oxygens (including phenoxy) is 1. The number of nitrogens with one attached hydrogen (secondary N) is 4. The van der Waals surface area contributed by atoms with E-state index in [1.807, 2.05) is 48.5 Å². The molecular formula is C16H18N4OS2. The summed E-state index contributed by atoms with van der Waals surface area (Å²) in [6, 6.07) is 15.1. The van der Waals surface area contributed by atoms with Crippen LogP contribution < -0.4 is 26.0 Å². The van der Waals surface area contributed by atoms with Gasteiger partial charge in [-0.05, 0) is 73.0 Å². The molecule has 0 aromatic heterocycles. The second kappa shape index (κ2) is 8.30. The fourth-order valence-electron chi connectivity index (χ4n) is 1.74. The van der Waals surface area contributed by atoms with Gasteiger partial charge in [-0.15, -0.1) is 0 Å². The molecule has 4 N–H and O–H groups in total. The van der Waals surface area contributed by atoms with Crippen LogP contribution in [0.3, 0.4) is 0 Å². The molecule has 0 amide bonds. The van der Waals surface area contributed by atoms with E-state index in [0.717, 1.165) is 22.9 Å². The first-order valence-electron chi connectivity index (χ1n) is 6.96. The van der Waals surface area contributed by atoms with Crippen LogP contribution in [0.5, 0.6) is 11.5 Å². The predicted molar refractivity (Wildman–Crippen MR) is 104 cm³/mol. The first-order chi connectivity index (χ1) is 11.1. The Morgan fingerprint density at radius 2 is 1.04 bits per heavy atom. The summed E-state index contributed by atoms with van der Waals surface area (Å²) in [4.78, 5) is 0. The number of hydrogen-bond donors (Lipinski definition) is 4. The monoisotopic (exact) mass is 346 g/mol. The number of anilines is 2. The third-order valence-corrected chi connectivity index (χ3v) is 3.53. The highest BCUT2D eigenvalue weighted by Crippen LogP contribution is 2.24. The minimum Gasteiger partial charge on any atom is -0.457 e. The highest BCUT2D eigenvalue weighted by molar-refractivity contribution is 7.80. The maximum Gasteiger partial charge on any atom is 0.170 e. The van der Waals surface area contributed by atoms with Gasteiger partial charge in [0.15, 0.2) is 10.2 Å². The van der Waals surface area contributed by atoms with Crippen molar-refractivity contribution < 1.29 is 4.74 Å². The van der Waals surface area contributed by atoms with Gasteiger partial charge < -0.3 is 26.0 Å². The summed E-state index contributed by atoms with van der Waals surface area (Å²) >= 11 is 10.1. The lowest BCUT2D eigenvalue weighted by atomic mass is 10.3. The molecule has 2 aromatic rings. The first kappa shape index (κ1) is 17.0. The Morgan fingerprint density at radius 3 is 1.35 bits per heavy atom. The highest BCUT2D eigenvalue weighted by Gasteiger charge is 2.00. The van der Waals surface area contributed by atoms with Gasteiger partial charge in [-0.1, -0.05) is 0 Å². The zero-order valence-electron chi connectivity index (χ0n) is 12.8. The molecule has 0 fully saturated rings. The average molecular weight is 346 g/mol. The number of benzene rings is 2. The molecule has 120 valence electrons. The van der Waals surface area contributed by atoms with Crippen molar-refractivity contribution in [2.24, 2.45) is 0 Å².